The molecule has 2 heteroatoms. The molecule has 12 heavy (non-hydrogen) atoms. The second kappa shape index (κ2) is 3.13. The Kier molecular flexibility index (Phi) is 2.19. The van der Waals surface area contributed by atoms with Crippen molar-refractivity contribution >= 4 is 12.2 Å². The molecule has 2 N–H and O–H groups in total. The van der Waals surface area contributed by atoms with E-state index in [2.05, 4.69) is 13.2 Å². The van der Waals surface area contributed by atoms with Gasteiger partial charge in [0.05, 0.1) is 5.56 Å². The summed E-state index contributed by atoms with van der Waals surface area (Å²) in [6.45, 7) is 6.99. The average molecular weight is 162 g/mol. The highest BCUT2D eigenvalue weighted by molar-refractivity contribution is 5.70. The molecule has 0 amide bonds. The zero-order valence-corrected chi connectivity index (χ0v) is 6.62. The standard InChI is InChI=1S/C10H10O2/c1-3-7-5-6-9(11)8(4-2)10(7)12/h3-6,11-12H,1-2H2. The molecule has 0 bridgehead atoms. The van der Waals surface area contributed by atoms with Crippen LogP contribution in [0, 0.1) is 0 Å². The Balaban J connectivity index is 3.43. The first kappa shape index (κ1) is 8.40. The first-order valence-electron chi connectivity index (χ1n) is 3.50. The van der Waals surface area contributed by atoms with E-state index in [1.807, 2.05) is 0 Å². The average Bonchev–Trinajstić information content (AvgIpc) is 2.06. The monoisotopic (exact) mass is 162 g/mol. The molecular weight excluding hydrogens is 152 g/mol. The van der Waals surface area contributed by atoms with Crippen molar-refractivity contribution in [2.45, 2.75) is 0 Å². The first-order valence-corrected chi connectivity index (χ1v) is 3.50. The van der Waals surface area contributed by atoms with E-state index in [0.717, 1.165) is 0 Å². The molecule has 0 radical (unpaired) electrons. The summed E-state index contributed by atoms with van der Waals surface area (Å²) in [6.07, 6.45) is 2.92. The third-order valence-electron chi connectivity index (χ3n) is 1.65. The fourth-order valence-corrected chi connectivity index (χ4v) is 0.980. The van der Waals surface area contributed by atoms with Crippen LogP contribution in [0.5, 0.6) is 11.5 Å². The van der Waals surface area contributed by atoms with Gasteiger partial charge in [-0.2, -0.15) is 0 Å². The van der Waals surface area contributed by atoms with Crippen LogP contribution in [-0.4, -0.2) is 10.2 Å². The van der Waals surface area contributed by atoms with Crippen LogP contribution in [0.2, 0.25) is 0 Å². The molecule has 1 aromatic rings. The largest absolute Gasteiger partial charge is 0.507 e. The zero-order chi connectivity index (χ0) is 9.14. The Bertz CT molecular complexity index is 327. The molecule has 0 aliphatic carbocycles. The van der Waals surface area contributed by atoms with Crippen LogP contribution in [-0.2, 0) is 0 Å². The summed E-state index contributed by atoms with van der Waals surface area (Å²) >= 11 is 0. The number of hydrogen-bond donors (Lipinski definition) is 2. The Morgan fingerprint density at radius 2 is 1.75 bits per heavy atom. The molecule has 0 aliphatic heterocycles. The molecule has 0 saturated heterocycles. The highest BCUT2D eigenvalue weighted by Gasteiger charge is 2.06. The molecule has 0 aliphatic rings. The Hall–Kier alpha value is -1.70. The van der Waals surface area contributed by atoms with Gasteiger partial charge in [0.25, 0.3) is 0 Å². The first-order chi connectivity index (χ1) is 5.70. The van der Waals surface area contributed by atoms with Crippen LogP contribution in [0.3, 0.4) is 0 Å². The lowest BCUT2D eigenvalue weighted by atomic mass is 10.1. The summed E-state index contributed by atoms with van der Waals surface area (Å²) < 4.78 is 0. The van der Waals surface area contributed by atoms with Gasteiger partial charge in [-0.25, -0.2) is 0 Å². The van der Waals surface area contributed by atoms with Gasteiger partial charge in [-0.05, 0) is 12.1 Å². The molecule has 1 aromatic carbocycles. The molecule has 0 atom stereocenters. The zero-order valence-electron chi connectivity index (χ0n) is 6.62. The van der Waals surface area contributed by atoms with Gasteiger partial charge in [-0.1, -0.05) is 25.3 Å². The molecule has 1 rings (SSSR count). The van der Waals surface area contributed by atoms with E-state index in [1.165, 1.54) is 18.2 Å². The number of phenols is 2. The minimum atomic E-state index is 0.0139. The second-order valence-corrected chi connectivity index (χ2v) is 2.34. The summed E-state index contributed by atoms with van der Waals surface area (Å²) in [5.41, 5.74) is 0.926. The highest BCUT2D eigenvalue weighted by atomic mass is 16.3. The molecule has 0 unspecified atom stereocenters. The van der Waals surface area contributed by atoms with Gasteiger partial charge in [-0.3, -0.25) is 0 Å². The predicted molar refractivity (Wildman–Crippen MR) is 50.0 cm³/mol. The molecule has 0 aromatic heterocycles. The fraction of sp³-hybridized carbons (Fsp3) is 0. The number of benzene rings is 1. The van der Waals surface area contributed by atoms with Crippen molar-refractivity contribution < 1.29 is 10.2 Å². The third kappa shape index (κ3) is 1.19. The maximum atomic E-state index is 9.47. The maximum absolute atomic E-state index is 9.47. The van der Waals surface area contributed by atoms with Gasteiger partial charge in [0.2, 0.25) is 0 Å². The molecule has 0 fully saturated rings. The van der Waals surface area contributed by atoms with E-state index >= 15 is 0 Å². The van der Waals surface area contributed by atoms with Crippen LogP contribution in [0.25, 0.3) is 12.2 Å². The van der Waals surface area contributed by atoms with Crippen LogP contribution < -0.4 is 0 Å². The van der Waals surface area contributed by atoms with E-state index in [4.69, 9.17) is 0 Å². The smallest absolute Gasteiger partial charge is 0.133 e. The van der Waals surface area contributed by atoms with Crippen LogP contribution in [0.15, 0.2) is 25.3 Å². The SMILES string of the molecule is C=Cc1ccc(O)c(C=C)c1O. The third-order valence-corrected chi connectivity index (χ3v) is 1.65. The Morgan fingerprint density at radius 3 is 2.25 bits per heavy atom. The quantitative estimate of drug-likeness (QED) is 0.700. The molecule has 62 valence electrons. The normalized spacial score (nSPS) is 9.33. The van der Waals surface area contributed by atoms with Crippen LogP contribution in [0.1, 0.15) is 11.1 Å². The van der Waals surface area contributed by atoms with Gasteiger partial charge in [-0.15, -0.1) is 0 Å². The number of rotatable bonds is 2. The van der Waals surface area contributed by atoms with Gasteiger partial charge in [0.15, 0.2) is 0 Å². The summed E-state index contributed by atoms with van der Waals surface area (Å²) in [7, 11) is 0. The Morgan fingerprint density at radius 1 is 1.08 bits per heavy atom. The lowest BCUT2D eigenvalue weighted by Crippen LogP contribution is -1.80. The van der Waals surface area contributed by atoms with Crippen molar-refractivity contribution in [3.8, 4) is 11.5 Å². The van der Waals surface area contributed by atoms with Crippen molar-refractivity contribution in [3.63, 3.8) is 0 Å². The van der Waals surface area contributed by atoms with Gasteiger partial charge in [0, 0.05) is 5.56 Å². The van der Waals surface area contributed by atoms with Crippen molar-refractivity contribution in [1.29, 1.82) is 0 Å². The topological polar surface area (TPSA) is 40.5 Å². The maximum Gasteiger partial charge on any atom is 0.133 e. The molecule has 2 nitrogen and oxygen atoms in total. The number of aromatic hydroxyl groups is 2. The van der Waals surface area contributed by atoms with Crippen molar-refractivity contribution in [2.24, 2.45) is 0 Å². The predicted octanol–water partition coefficient (Wildman–Crippen LogP) is 2.38. The van der Waals surface area contributed by atoms with E-state index in [-0.39, 0.29) is 11.5 Å². The molecule has 0 spiro atoms. The van der Waals surface area contributed by atoms with Crippen molar-refractivity contribution in [3.05, 3.63) is 36.4 Å². The number of hydrogen-bond acceptors (Lipinski definition) is 2. The second-order valence-electron chi connectivity index (χ2n) is 2.34. The molecule has 0 saturated carbocycles. The van der Waals surface area contributed by atoms with Gasteiger partial charge >= 0.3 is 0 Å². The van der Waals surface area contributed by atoms with Gasteiger partial charge < -0.3 is 10.2 Å². The van der Waals surface area contributed by atoms with Gasteiger partial charge in [0.1, 0.15) is 11.5 Å². The minimum absolute atomic E-state index is 0.0139. The van der Waals surface area contributed by atoms with Crippen molar-refractivity contribution in [2.75, 3.05) is 0 Å². The summed E-state index contributed by atoms with van der Waals surface area (Å²) in [6, 6.07) is 3.08. The summed E-state index contributed by atoms with van der Waals surface area (Å²) in [5.74, 6) is 0.0353. The van der Waals surface area contributed by atoms with Crippen molar-refractivity contribution in [1.82, 2.24) is 0 Å². The Labute approximate surface area is 71.1 Å². The minimum Gasteiger partial charge on any atom is -0.507 e. The lowest BCUT2D eigenvalue weighted by molar-refractivity contribution is 0.447. The summed E-state index contributed by atoms with van der Waals surface area (Å²) in [4.78, 5) is 0. The van der Waals surface area contributed by atoms with E-state index in [0.29, 0.717) is 11.1 Å². The van der Waals surface area contributed by atoms with Crippen LogP contribution >= 0.6 is 0 Å². The highest BCUT2D eigenvalue weighted by Crippen LogP contribution is 2.31. The van der Waals surface area contributed by atoms with E-state index in [1.54, 1.807) is 6.07 Å². The molecular formula is C10H10O2. The lowest BCUT2D eigenvalue weighted by Gasteiger charge is -2.04. The summed E-state index contributed by atoms with van der Waals surface area (Å²) in [5, 5.41) is 18.7. The molecule has 0 heterocycles. The fourth-order valence-electron chi connectivity index (χ4n) is 0.980. The van der Waals surface area contributed by atoms with Crippen LogP contribution in [0.4, 0.5) is 0 Å². The van der Waals surface area contributed by atoms with E-state index in [9.17, 15) is 10.2 Å². The van der Waals surface area contributed by atoms with E-state index < -0.39 is 0 Å². The number of phenolic OH excluding ortho intramolecular Hbond substituents is 2.